The highest BCUT2D eigenvalue weighted by atomic mass is 79.9. The van der Waals surface area contributed by atoms with E-state index < -0.39 is 18.0 Å². The minimum absolute atomic E-state index is 0.0304. The maximum absolute atomic E-state index is 12.2. The molecule has 4 nitrogen and oxygen atoms in total. The standard InChI is InChI=1S/C13H13BrF3NO3/c14-9-5-8(6-11(7-9)21-13(15,16)17)12(19)18-10-1-3-20-4-2-10/h5-7,10H,1-4H2,(H,18,19). The lowest BCUT2D eigenvalue weighted by molar-refractivity contribution is -0.274. The van der Waals surface area contributed by atoms with Gasteiger partial charge in [0.1, 0.15) is 5.75 Å². The SMILES string of the molecule is O=C(NC1CCOCC1)c1cc(Br)cc(OC(F)(F)F)c1. The fraction of sp³-hybridized carbons (Fsp3) is 0.462. The van der Waals surface area contributed by atoms with Crippen LogP contribution in [0, 0.1) is 0 Å². The molecule has 0 aromatic heterocycles. The monoisotopic (exact) mass is 367 g/mol. The predicted molar refractivity (Wildman–Crippen MR) is 72.1 cm³/mol. The van der Waals surface area contributed by atoms with Crippen LogP contribution in [0.5, 0.6) is 5.75 Å². The Labute approximate surface area is 127 Å². The van der Waals surface area contributed by atoms with Crippen LogP contribution in [0.3, 0.4) is 0 Å². The Morgan fingerprint density at radius 2 is 1.95 bits per heavy atom. The van der Waals surface area contributed by atoms with Crippen molar-refractivity contribution in [3.05, 3.63) is 28.2 Å². The number of halogens is 4. The fourth-order valence-corrected chi connectivity index (χ4v) is 2.47. The second-order valence-electron chi connectivity index (χ2n) is 4.58. The molecule has 116 valence electrons. The lowest BCUT2D eigenvalue weighted by Gasteiger charge is -2.23. The molecule has 1 aromatic carbocycles. The van der Waals surface area contributed by atoms with Gasteiger partial charge in [0.25, 0.3) is 5.91 Å². The molecule has 0 radical (unpaired) electrons. The zero-order valence-electron chi connectivity index (χ0n) is 10.9. The second kappa shape index (κ2) is 6.65. The van der Waals surface area contributed by atoms with E-state index in [2.05, 4.69) is 26.0 Å². The third-order valence-corrected chi connectivity index (χ3v) is 3.38. The Hall–Kier alpha value is -1.28. The Kier molecular flexibility index (Phi) is 5.10. The molecule has 1 saturated heterocycles. The van der Waals surface area contributed by atoms with Crippen LogP contribution in [-0.2, 0) is 4.74 Å². The lowest BCUT2D eigenvalue weighted by atomic mass is 10.1. The molecule has 1 heterocycles. The molecule has 8 heteroatoms. The molecule has 1 aromatic rings. The van der Waals surface area contributed by atoms with E-state index in [9.17, 15) is 18.0 Å². The molecule has 0 unspecified atom stereocenters. The number of amides is 1. The number of carbonyl (C=O) groups is 1. The number of alkyl halides is 3. The van der Waals surface area contributed by atoms with Gasteiger partial charge in [-0.25, -0.2) is 0 Å². The van der Waals surface area contributed by atoms with E-state index in [-0.39, 0.29) is 11.6 Å². The van der Waals surface area contributed by atoms with Crippen molar-refractivity contribution in [1.29, 1.82) is 0 Å². The third kappa shape index (κ3) is 5.20. The van der Waals surface area contributed by atoms with Crippen molar-refractivity contribution < 1.29 is 27.4 Å². The quantitative estimate of drug-likeness (QED) is 0.891. The molecule has 0 saturated carbocycles. The van der Waals surface area contributed by atoms with Gasteiger partial charge >= 0.3 is 6.36 Å². The minimum atomic E-state index is -4.80. The van der Waals surface area contributed by atoms with Gasteiger partial charge in [-0.1, -0.05) is 15.9 Å². The molecular weight excluding hydrogens is 355 g/mol. The molecule has 0 bridgehead atoms. The van der Waals surface area contributed by atoms with Crippen molar-refractivity contribution >= 4 is 21.8 Å². The van der Waals surface area contributed by atoms with Crippen LogP contribution >= 0.6 is 15.9 Å². The van der Waals surface area contributed by atoms with Crippen molar-refractivity contribution in [2.24, 2.45) is 0 Å². The number of rotatable bonds is 3. The number of nitrogens with one attached hydrogen (secondary N) is 1. The number of ether oxygens (including phenoxy) is 2. The van der Waals surface area contributed by atoms with Crippen LogP contribution in [0.1, 0.15) is 23.2 Å². The van der Waals surface area contributed by atoms with Gasteiger partial charge in [0.15, 0.2) is 0 Å². The first-order chi connectivity index (χ1) is 9.83. The largest absolute Gasteiger partial charge is 0.573 e. The van der Waals surface area contributed by atoms with E-state index >= 15 is 0 Å². The summed E-state index contributed by atoms with van der Waals surface area (Å²) >= 11 is 3.07. The average molecular weight is 368 g/mol. The predicted octanol–water partition coefficient (Wildman–Crippen LogP) is 3.26. The van der Waals surface area contributed by atoms with Gasteiger partial charge in [-0.2, -0.15) is 0 Å². The highest BCUT2D eigenvalue weighted by molar-refractivity contribution is 9.10. The molecule has 21 heavy (non-hydrogen) atoms. The molecule has 1 aliphatic rings. The van der Waals surface area contributed by atoms with Gasteiger partial charge in [-0.05, 0) is 31.0 Å². The van der Waals surface area contributed by atoms with Crippen molar-refractivity contribution in [3.8, 4) is 5.75 Å². The van der Waals surface area contributed by atoms with Crippen LogP contribution in [-0.4, -0.2) is 31.5 Å². The van der Waals surface area contributed by atoms with Gasteiger partial charge in [-0.15, -0.1) is 13.2 Å². The van der Waals surface area contributed by atoms with Crippen molar-refractivity contribution in [3.63, 3.8) is 0 Å². The van der Waals surface area contributed by atoms with Gasteiger partial charge in [0, 0.05) is 29.3 Å². The summed E-state index contributed by atoms with van der Waals surface area (Å²) in [6.45, 7) is 1.12. The molecule has 1 N–H and O–H groups in total. The minimum Gasteiger partial charge on any atom is -0.406 e. The zero-order valence-corrected chi connectivity index (χ0v) is 12.5. The van der Waals surface area contributed by atoms with Crippen LogP contribution < -0.4 is 10.1 Å². The first kappa shape index (κ1) is 16.1. The molecule has 1 amide bonds. The highest BCUT2D eigenvalue weighted by Gasteiger charge is 2.31. The van der Waals surface area contributed by atoms with Crippen molar-refractivity contribution in [2.45, 2.75) is 25.2 Å². The Morgan fingerprint density at radius 3 is 2.57 bits per heavy atom. The third-order valence-electron chi connectivity index (χ3n) is 2.92. The average Bonchev–Trinajstić information content (AvgIpc) is 2.37. The first-order valence-electron chi connectivity index (χ1n) is 6.28. The summed E-state index contributed by atoms with van der Waals surface area (Å²) in [6, 6.07) is 3.63. The Balaban J connectivity index is 2.09. The molecule has 2 rings (SSSR count). The first-order valence-corrected chi connectivity index (χ1v) is 7.08. The summed E-state index contributed by atoms with van der Waals surface area (Å²) in [5.74, 6) is -0.871. The molecular formula is C13H13BrF3NO3. The van der Waals surface area contributed by atoms with Crippen LogP contribution in [0.15, 0.2) is 22.7 Å². The highest BCUT2D eigenvalue weighted by Crippen LogP contribution is 2.27. The van der Waals surface area contributed by atoms with Crippen molar-refractivity contribution in [2.75, 3.05) is 13.2 Å². The second-order valence-corrected chi connectivity index (χ2v) is 5.50. The van der Waals surface area contributed by atoms with Gasteiger partial charge in [0.05, 0.1) is 0 Å². The van der Waals surface area contributed by atoms with Gasteiger partial charge in [-0.3, -0.25) is 4.79 Å². The van der Waals surface area contributed by atoms with E-state index in [1.807, 2.05) is 0 Å². The summed E-state index contributed by atoms with van der Waals surface area (Å²) in [4.78, 5) is 12.1. The Bertz CT molecular complexity index is 516. The number of carbonyl (C=O) groups excluding carboxylic acids is 1. The van der Waals surface area contributed by atoms with Crippen molar-refractivity contribution in [1.82, 2.24) is 5.32 Å². The zero-order chi connectivity index (χ0) is 15.5. The smallest absolute Gasteiger partial charge is 0.406 e. The summed E-state index contributed by atoms with van der Waals surface area (Å²) in [6.07, 6.45) is -3.42. The fourth-order valence-electron chi connectivity index (χ4n) is 2.00. The Morgan fingerprint density at radius 1 is 1.29 bits per heavy atom. The summed E-state index contributed by atoms with van der Waals surface area (Å²) in [5.41, 5.74) is 0.107. The van der Waals surface area contributed by atoms with E-state index in [0.717, 1.165) is 12.1 Å². The number of benzene rings is 1. The summed E-state index contributed by atoms with van der Waals surface area (Å²) < 4.78 is 46.0. The molecule has 1 fully saturated rings. The molecule has 0 spiro atoms. The molecule has 0 aliphatic carbocycles. The maximum atomic E-state index is 12.2. The van der Waals surface area contributed by atoms with Crippen LogP contribution in [0.25, 0.3) is 0 Å². The van der Waals surface area contributed by atoms with E-state index in [0.29, 0.717) is 30.5 Å². The van der Waals surface area contributed by atoms with Crippen LogP contribution in [0.4, 0.5) is 13.2 Å². The van der Waals surface area contributed by atoms with E-state index in [1.165, 1.54) is 6.07 Å². The normalized spacial score (nSPS) is 16.6. The van der Waals surface area contributed by atoms with E-state index in [4.69, 9.17) is 4.74 Å². The van der Waals surface area contributed by atoms with Gasteiger partial charge < -0.3 is 14.8 Å². The molecule has 0 atom stereocenters. The van der Waals surface area contributed by atoms with Gasteiger partial charge in [0.2, 0.25) is 0 Å². The summed E-state index contributed by atoms with van der Waals surface area (Å²) in [5, 5.41) is 2.78. The lowest BCUT2D eigenvalue weighted by Crippen LogP contribution is -2.38. The number of hydrogen-bond donors (Lipinski definition) is 1. The summed E-state index contributed by atoms with van der Waals surface area (Å²) in [7, 11) is 0. The van der Waals surface area contributed by atoms with E-state index in [1.54, 1.807) is 0 Å². The number of hydrogen-bond acceptors (Lipinski definition) is 3. The topological polar surface area (TPSA) is 47.6 Å². The molecule has 1 aliphatic heterocycles. The maximum Gasteiger partial charge on any atom is 0.573 e. The van der Waals surface area contributed by atoms with Crippen LogP contribution in [0.2, 0.25) is 0 Å².